The number of carbonyl (C=O) groups is 2. The van der Waals surface area contributed by atoms with Crippen molar-refractivity contribution in [2.24, 2.45) is 0 Å². The van der Waals surface area contributed by atoms with E-state index in [1.807, 2.05) is 61.5 Å². The highest BCUT2D eigenvalue weighted by Crippen LogP contribution is 2.40. The average molecular weight is 473 g/mol. The highest BCUT2D eigenvalue weighted by molar-refractivity contribution is 8.03. The van der Waals surface area contributed by atoms with Gasteiger partial charge in [-0.3, -0.25) is 9.59 Å². The van der Waals surface area contributed by atoms with Crippen molar-refractivity contribution in [2.45, 2.75) is 50.8 Å². The minimum atomic E-state index is -0.879. The van der Waals surface area contributed by atoms with Crippen molar-refractivity contribution in [1.82, 2.24) is 0 Å². The van der Waals surface area contributed by atoms with E-state index in [2.05, 4.69) is 0 Å². The van der Waals surface area contributed by atoms with Gasteiger partial charge in [0, 0.05) is 18.7 Å². The Morgan fingerprint density at radius 2 is 1.70 bits per heavy atom. The van der Waals surface area contributed by atoms with E-state index in [4.69, 9.17) is 23.7 Å². The Labute approximate surface area is 198 Å². The molecule has 0 unspecified atom stereocenters. The molecule has 0 N–H and O–H groups in total. The van der Waals surface area contributed by atoms with Gasteiger partial charge in [-0.2, -0.15) is 0 Å². The molecule has 33 heavy (non-hydrogen) atoms. The second kappa shape index (κ2) is 11.9. The first-order chi connectivity index (χ1) is 15.9. The Morgan fingerprint density at radius 1 is 1.00 bits per heavy atom. The van der Waals surface area contributed by atoms with E-state index < -0.39 is 30.4 Å². The topological polar surface area (TPSA) is 80.3 Å². The van der Waals surface area contributed by atoms with Crippen LogP contribution in [0, 0.1) is 6.92 Å². The van der Waals surface area contributed by atoms with Crippen LogP contribution in [0.4, 0.5) is 0 Å². The predicted octanol–water partition coefficient (Wildman–Crippen LogP) is 4.38. The van der Waals surface area contributed by atoms with Crippen molar-refractivity contribution < 1.29 is 33.3 Å². The van der Waals surface area contributed by atoms with E-state index in [0.717, 1.165) is 16.0 Å². The summed E-state index contributed by atoms with van der Waals surface area (Å²) >= 11 is 1.40. The van der Waals surface area contributed by atoms with Crippen LogP contribution in [0.25, 0.3) is 0 Å². The first-order valence-electron chi connectivity index (χ1n) is 10.5. The normalized spacial score (nSPS) is 20.3. The van der Waals surface area contributed by atoms with Gasteiger partial charge in [0.05, 0.1) is 18.6 Å². The minimum Gasteiger partial charge on any atom is -0.495 e. The number of esters is 2. The first-order valence-corrected chi connectivity index (χ1v) is 11.3. The van der Waals surface area contributed by atoms with Crippen molar-refractivity contribution in [1.29, 1.82) is 0 Å². The molecular formula is C25H28O7S. The van der Waals surface area contributed by atoms with Crippen LogP contribution >= 0.6 is 11.8 Å². The van der Waals surface area contributed by atoms with Gasteiger partial charge in [0.1, 0.15) is 12.7 Å². The second-order valence-corrected chi connectivity index (χ2v) is 8.60. The van der Waals surface area contributed by atoms with E-state index in [0.29, 0.717) is 10.7 Å². The molecule has 2 aromatic carbocycles. The average Bonchev–Trinajstić information content (AvgIpc) is 2.79. The molecule has 1 heterocycles. The third-order valence-electron chi connectivity index (χ3n) is 4.81. The zero-order chi connectivity index (χ0) is 23.8. The van der Waals surface area contributed by atoms with Crippen molar-refractivity contribution in [3.8, 4) is 0 Å². The van der Waals surface area contributed by atoms with Gasteiger partial charge >= 0.3 is 11.9 Å². The van der Waals surface area contributed by atoms with Crippen LogP contribution < -0.4 is 0 Å². The van der Waals surface area contributed by atoms with Crippen molar-refractivity contribution in [3.05, 3.63) is 76.4 Å². The molecule has 0 amide bonds. The number of rotatable bonds is 9. The fraction of sp³-hybridized carbons (Fsp3) is 0.360. The molecule has 1 aliphatic rings. The lowest BCUT2D eigenvalue weighted by molar-refractivity contribution is -0.217. The van der Waals surface area contributed by atoms with Crippen LogP contribution in [-0.2, 0) is 39.9 Å². The van der Waals surface area contributed by atoms with Gasteiger partial charge < -0.3 is 23.7 Å². The number of thioether (sulfide) groups is 1. The van der Waals surface area contributed by atoms with Crippen LogP contribution in [0.1, 0.15) is 25.0 Å². The number of hydrogen-bond donors (Lipinski definition) is 0. The highest BCUT2D eigenvalue weighted by Gasteiger charge is 2.42. The van der Waals surface area contributed by atoms with Crippen LogP contribution in [0.5, 0.6) is 0 Å². The van der Waals surface area contributed by atoms with Gasteiger partial charge in [-0.1, -0.05) is 59.8 Å². The molecule has 0 saturated heterocycles. The molecule has 3 atom stereocenters. The molecule has 0 radical (unpaired) electrons. The summed E-state index contributed by atoms with van der Waals surface area (Å²) in [5.41, 5.74) is 2.09. The summed E-state index contributed by atoms with van der Waals surface area (Å²) in [6.45, 7) is 4.81. The molecular weight excluding hydrogens is 444 g/mol. The van der Waals surface area contributed by atoms with E-state index >= 15 is 0 Å². The van der Waals surface area contributed by atoms with Gasteiger partial charge in [0.2, 0.25) is 6.29 Å². The quantitative estimate of drug-likeness (QED) is 0.498. The molecule has 0 spiro atoms. The molecule has 0 fully saturated rings. The molecule has 1 aliphatic heterocycles. The maximum Gasteiger partial charge on any atom is 0.303 e. The Bertz CT molecular complexity index is 972. The molecule has 0 bridgehead atoms. The number of hydrogen-bond acceptors (Lipinski definition) is 8. The number of ether oxygens (including phenoxy) is 5. The Kier molecular flexibility index (Phi) is 8.94. The van der Waals surface area contributed by atoms with Gasteiger partial charge in [0.15, 0.2) is 11.9 Å². The fourth-order valence-electron chi connectivity index (χ4n) is 3.25. The lowest BCUT2D eigenvalue weighted by atomic mass is 10.1. The Balaban J connectivity index is 1.96. The van der Waals surface area contributed by atoms with Crippen LogP contribution in [0.3, 0.4) is 0 Å². The van der Waals surface area contributed by atoms with Crippen molar-refractivity contribution >= 4 is 23.7 Å². The van der Waals surface area contributed by atoms with Gasteiger partial charge in [-0.05, 0) is 24.6 Å². The zero-order valence-electron chi connectivity index (χ0n) is 19.1. The number of carbonyl (C=O) groups excluding carboxylic acids is 2. The van der Waals surface area contributed by atoms with Crippen LogP contribution in [-0.4, -0.2) is 44.2 Å². The van der Waals surface area contributed by atoms with E-state index in [9.17, 15) is 9.59 Å². The third-order valence-corrected chi connectivity index (χ3v) is 5.97. The number of aryl methyl sites for hydroxylation is 1. The SMILES string of the molecule is COC1=C(Sc2ccc(C)cc2)[C@H](OC(C)=O)[C@@H](COC(C)=O)O[C@@H]1OCc1ccccc1. The molecule has 0 aliphatic carbocycles. The Hall–Kier alpha value is -2.81. The van der Waals surface area contributed by atoms with E-state index in [1.165, 1.54) is 32.7 Å². The summed E-state index contributed by atoms with van der Waals surface area (Å²) in [6.07, 6.45) is -2.49. The van der Waals surface area contributed by atoms with Gasteiger partial charge in [-0.25, -0.2) is 0 Å². The molecule has 0 saturated carbocycles. The maximum absolute atomic E-state index is 11.9. The van der Waals surface area contributed by atoms with Crippen LogP contribution in [0.2, 0.25) is 0 Å². The van der Waals surface area contributed by atoms with E-state index in [1.54, 1.807) is 0 Å². The summed E-state index contributed by atoms with van der Waals surface area (Å²) in [4.78, 5) is 25.0. The summed E-state index contributed by atoms with van der Waals surface area (Å²) in [5.74, 6) is -0.546. The first kappa shape index (κ1) is 24.8. The Morgan fingerprint density at radius 3 is 2.30 bits per heavy atom. The lowest BCUT2D eigenvalue weighted by Gasteiger charge is -2.37. The highest BCUT2D eigenvalue weighted by atomic mass is 32.2. The summed E-state index contributed by atoms with van der Waals surface area (Å²) in [6, 6.07) is 17.6. The third kappa shape index (κ3) is 7.08. The zero-order valence-corrected chi connectivity index (χ0v) is 19.9. The molecule has 0 aromatic heterocycles. The maximum atomic E-state index is 11.9. The molecule has 2 aromatic rings. The number of benzene rings is 2. The van der Waals surface area contributed by atoms with Gasteiger partial charge in [-0.15, -0.1) is 0 Å². The summed E-state index contributed by atoms with van der Waals surface area (Å²) in [7, 11) is 1.52. The second-order valence-electron chi connectivity index (χ2n) is 7.48. The number of methoxy groups -OCH3 is 1. The summed E-state index contributed by atoms with van der Waals surface area (Å²) in [5, 5.41) is 0. The van der Waals surface area contributed by atoms with Crippen molar-refractivity contribution in [2.75, 3.05) is 13.7 Å². The predicted molar refractivity (Wildman–Crippen MR) is 123 cm³/mol. The summed E-state index contributed by atoms with van der Waals surface area (Å²) < 4.78 is 28.7. The monoisotopic (exact) mass is 472 g/mol. The minimum absolute atomic E-state index is 0.104. The lowest BCUT2D eigenvalue weighted by Crippen LogP contribution is -2.46. The smallest absolute Gasteiger partial charge is 0.303 e. The van der Waals surface area contributed by atoms with Gasteiger partial charge in [0.25, 0.3) is 0 Å². The molecule has 8 heteroatoms. The molecule has 3 rings (SSSR count). The van der Waals surface area contributed by atoms with Crippen molar-refractivity contribution in [3.63, 3.8) is 0 Å². The molecule has 176 valence electrons. The fourth-order valence-corrected chi connectivity index (χ4v) is 4.37. The largest absolute Gasteiger partial charge is 0.495 e. The standard InChI is InChI=1S/C25H28O7S/c1-16-10-12-20(13-11-16)33-24-22(31-18(3)27)21(15-29-17(2)26)32-25(23(24)28-4)30-14-19-8-6-5-7-9-19/h5-13,21-22,25H,14-15H2,1-4H3/t21-,22-,25+/m1/s1. The van der Waals surface area contributed by atoms with Crippen LogP contribution in [0.15, 0.2) is 70.2 Å². The van der Waals surface area contributed by atoms with E-state index in [-0.39, 0.29) is 13.2 Å². The molecule has 7 nitrogen and oxygen atoms in total.